The number of nitrogens with one attached hydrogen (secondary N) is 2. The summed E-state index contributed by atoms with van der Waals surface area (Å²) >= 11 is 1.59. The Hall–Kier alpha value is -2.31. The lowest BCUT2D eigenvalue weighted by atomic mass is 9.98. The Morgan fingerprint density at radius 1 is 1.32 bits per heavy atom. The maximum Gasteiger partial charge on any atom is 0.257 e. The van der Waals surface area contributed by atoms with Gasteiger partial charge >= 0.3 is 0 Å². The van der Waals surface area contributed by atoms with Gasteiger partial charge in [-0.3, -0.25) is 9.78 Å². The van der Waals surface area contributed by atoms with Crippen molar-refractivity contribution in [2.24, 2.45) is 0 Å². The molecule has 6 heteroatoms. The van der Waals surface area contributed by atoms with Crippen molar-refractivity contribution in [2.75, 3.05) is 11.9 Å². The first-order valence-corrected chi connectivity index (χ1v) is 8.00. The molecule has 5 nitrogen and oxygen atoms in total. The highest BCUT2D eigenvalue weighted by Gasteiger charge is 2.18. The summed E-state index contributed by atoms with van der Waals surface area (Å²) in [7, 11) is 0. The molecule has 1 aliphatic heterocycles. The van der Waals surface area contributed by atoms with Gasteiger partial charge in [-0.05, 0) is 42.3 Å². The summed E-state index contributed by atoms with van der Waals surface area (Å²) in [6, 6.07) is 5.78. The molecule has 110 valence electrons. The van der Waals surface area contributed by atoms with Crippen molar-refractivity contribution in [1.29, 1.82) is 0 Å². The molecule has 0 spiro atoms. The van der Waals surface area contributed by atoms with Gasteiger partial charge in [0.1, 0.15) is 0 Å². The molecule has 22 heavy (non-hydrogen) atoms. The lowest BCUT2D eigenvalue weighted by Crippen LogP contribution is -2.27. The average Bonchev–Trinajstić information content (AvgIpc) is 3.02. The fourth-order valence-electron chi connectivity index (χ4n) is 2.74. The number of hydrogen-bond acceptors (Lipinski definition) is 5. The number of pyridine rings is 1. The molecule has 1 aromatic carbocycles. The SMILES string of the molecule is O=C(Nc1ccc2scnc2c1)c1cncc2c1CCNC2. The molecule has 3 heterocycles. The van der Waals surface area contributed by atoms with Gasteiger partial charge in [-0.25, -0.2) is 4.98 Å². The summed E-state index contributed by atoms with van der Waals surface area (Å²) in [5, 5.41) is 6.25. The van der Waals surface area contributed by atoms with Gasteiger partial charge in [0.25, 0.3) is 5.91 Å². The number of fused-ring (bicyclic) bond motifs is 2. The van der Waals surface area contributed by atoms with Crippen LogP contribution in [0.5, 0.6) is 0 Å². The van der Waals surface area contributed by atoms with Gasteiger partial charge < -0.3 is 10.6 Å². The third kappa shape index (κ3) is 2.36. The molecule has 0 saturated heterocycles. The Morgan fingerprint density at radius 2 is 2.27 bits per heavy atom. The molecule has 2 N–H and O–H groups in total. The van der Waals surface area contributed by atoms with Crippen LogP contribution in [0.25, 0.3) is 10.2 Å². The Kier molecular flexibility index (Phi) is 3.32. The van der Waals surface area contributed by atoms with Crippen molar-refractivity contribution in [3.8, 4) is 0 Å². The molecule has 0 saturated carbocycles. The molecule has 1 aliphatic rings. The molecule has 0 unspecified atom stereocenters. The first-order valence-electron chi connectivity index (χ1n) is 7.12. The Bertz CT molecular complexity index is 858. The predicted molar refractivity (Wildman–Crippen MR) is 87.2 cm³/mol. The summed E-state index contributed by atoms with van der Waals surface area (Å²) in [4.78, 5) is 21.0. The fraction of sp³-hybridized carbons (Fsp3) is 0.188. The number of rotatable bonds is 2. The second-order valence-corrected chi connectivity index (χ2v) is 6.13. The van der Waals surface area contributed by atoms with E-state index in [2.05, 4.69) is 20.6 Å². The second kappa shape index (κ2) is 5.47. The van der Waals surface area contributed by atoms with Crippen LogP contribution in [0.1, 0.15) is 21.5 Å². The van der Waals surface area contributed by atoms with E-state index in [1.54, 1.807) is 23.0 Å². The van der Waals surface area contributed by atoms with E-state index in [-0.39, 0.29) is 5.91 Å². The molecule has 3 aromatic rings. The molecule has 0 aliphatic carbocycles. The number of aromatic nitrogens is 2. The lowest BCUT2D eigenvalue weighted by Gasteiger charge is -2.19. The van der Waals surface area contributed by atoms with Gasteiger partial charge in [-0.1, -0.05) is 0 Å². The van der Waals surface area contributed by atoms with Crippen LogP contribution in [-0.4, -0.2) is 22.4 Å². The van der Waals surface area contributed by atoms with E-state index in [1.165, 1.54) is 0 Å². The van der Waals surface area contributed by atoms with Crippen LogP contribution in [0.2, 0.25) is 0 Å². The molecule has 0 bridgehead atoms. The van der Waals surface area contributed by atoms with Crippen LogP contribution in [0.4, 0.5) is 5.69 Å². The molecule has 1 amide bonds. The van der Waals surface area contributed by atoms with Crippen molar-refractivity contribution in [3.63, 3.8) is 0 Å². The summed E-state index contributed by atoms with van der Waals surface area (Å²) in [5.41, 5.74) is 6.34. The van der Waals surface area contributed by atoms with Gasteiger partial charge in [0, 0.05) is 24.6 Å². The number of benzene rings is 1. The first kappa shape index (κ1) is 13.4. The minimum atomic E-state index is -0.110. The van der Waals surface area contributed by atoms with Crippen molar-refractivity contribution < 1.29 is 4.79 Å². The van der Waals surface area contributed by atoms with E-state index >= 15 is 0 Å². The monoisotopic (exact) mass is 310 g/mol. The topological polar surface area (TPSA) is 66.9 Å². The standard InChI is InChI=1S/C16H14N4OS/c21-16(13-8-18-7-10-6-17-4-3-12(10)13)20-11-1-2-15-14(5-11)19-9-22-15/h1-2,5,7-9,17H,3-4,6H2,(H,20,21). The van der Waals surface area contributed by atoms with E-state index in [4.69, 9.17) is 0 Å². The van der Waals surface area contributed by atoms with Crippen molar-refractivity contribution in [2.45, 2.75) is 13.0 Å². The molecular weight excluding hydrogens is 296 g/mol. The molecule has 2 aromatic heterocycles. The Labute approximate surface area is 131 Å². The van der Waals surface area contributed by atoms with Gasteiger partial charge in [0.2, 0.25) is 0 Å². The minimum Gasteiger partial charge on any atom is -0.322 e. The first-order chi connectivity index (χ1) is 10.8. The summed E-state index contributed by atoms with van der Waals surface area (Å²) in [6.45, 7) is 1.66. The minimum absolute atomic E-state index is 0.110. The zero-order valence-electron chi connectivity index (χ0n) is 11.8. The number of carbonyl (C=O) groups excluding carboxylic acids is 1. The molecule has 4 rings (SSSR count). The molecule has 0 atom stereocenters. The van der Waals surface area contributed by atoms with E-state index in [1.807, 2.05) is 24.4 Å². The van der Waals surface area contributed by atoms with Crippen molar-refractivity contribution in [3.05, 3.63) is 52.8 Å². The maximum absolute atomic E-state index is 12.6. The number of anilines is 1. The molecule has 0 radical (unpaired) electrons. The van der Waals surface area contributed by atoms with Gasteiger partial charge in [0.15, 0.2) is 0 Å². The number of amides is 1. The maximum atomic E-state index is 12.6. The highest BCUT2D eigenvalue weighted by Crippen LogP contribution is 2.23. The number of thiazole rings is 1. The van der Waals surface area contributed by atoms with E-state index in [9.17, 15) is 4.79 Å². The highest BCUT2D eigenvalue weighted by atomic mass is 32.1. The van der Waals surface area contributed by atoms with Crippen LogP contribution in [0.15, 0.2) is 36.1 Å². The van der Waals surface area contributed by atoms with Crippen LogP contribution in [0.3, 0.4) is 0 Å². The van der Waals surface area contributed by atoms with Crippen molar-refractivity contribution in [1.82, 2.24) is 15.3 Å². The zero-order valence-corrected chi connectivity index (χ0v) is 12.6. The quantitative estimate of drug-likeness (QED) is 0.763. The number of carbonyl (C=O) groups is 1. The van der Waals surface area contributed by atoms with Gasteiger partial charge in [-0.2, -0.15) is 0 Å². The van der Waals surface area contributed by atoms with Crippen LogP contribution in [0, 0.1) is 0 Å². The third-order valence-corrected chi connectivity index (χ3v) is 4.66. The second-order valence-electron chi connectivity index (χ2n) is 5.24. The third-order valence-electron chi connectivity index (χ3n) is 3.85. The molecular formula is C16H14N4OS. The largest absolute Gasteiger partial charge is 0.322 e. The van der Waals surface area contributed by atoms with E-state index in [0.29, 0.717) is 5.56 Å². The number of hydrogen-bond donors (Lipinski definition) is 2. The Balaban J connectivity index is 1.64. The fourth-order valence-corrected chi connectivity index (χ4v) is 3.40. The van der Waals surface area contributed by atoms with Crippen LogP contribution >= 0.6 is 11.3 Å². The molecule has 0 fully saturated rings. The summed E-state index contributed by atoms with van der Waals surface area (Å²) in [5.74, 6) is -0.110. The average molecular weight is 310 g/mol. The number of nitrogens with zero attached hydrogens (tertiary/aromatic N) is 2. The van der Waals surface area contributed by atoms with Crippen LogP contribution in [-0.2, 0) is 13.0 Å². The van der Waals surface area contributed by atoms with Crippen molar-refractivity contribution >= 4 is 33.1 Å². The zero-order chi connectivity index (χ0) is 14.9. The lowest BCUT2D eigenvalue weighted by molar-refractivity contribution is 0.102. The smallest absolute Gasteiger partial charge is 0.257 e. The van der Waals surface area contributed by atoms with E-state index < -0.39 is 0 Å². The summed E-state index contributed by atoms with van der Waals surface area (Å²) < 4.78 is 1.11. The summed E-state index contributed by atoms with van der Waals surface area (Å²) in [6.07, 6.45) is 4.34. The van der Waals surface area contributed by atoms with Gasteiger partial charge in [-0.15, -0.1) is 11.3 Å². The highest BCUT2D eigenvalue weighted by molar-refractivity contribution is 7.16. The Morgan fingerprint density at radius 3 is 3.23 bits per heavy atom. The normalized spacial score (nSPS) is 13.8. The predicted octanol–water partition coefficient (Wildman–Crippen LogP) is 2.59. The van der Waals surface area contributed by atoms with Gasteiger partial charge in [0.05, 0.1) is 21.3 Å². The van der Waals surface area contributed by atoms with Crippen LogP contribution < -0.4 is 10.6 Å². The van der Waals surface area contributed by atoms with E-state index in [0.717, 1.165) is 46.5 Å².